The van der Waals surface area contributed by atoms with Crippen LogP contribution in [0, 0.1) is 13.8 Å². The van der Waals surface area contributed by atoms with Crippen molar-refractivity contribution < 1.29 is 57.1 Å². The Morgan fingerprint density at radius 3 is 0.815 bits per heavy atom. The third kappa shape index (κ3) is 26.7. The molecule has 124 heavy (non-hydrogen) atoms. The maximum atomic E-state index is 12.3. The second kappa shape index (κ2) is 50.2. The zero-order valence-corrected chi connectivity index (χ0v) is 76.3. The third-order valence-corrected chi connectivity index (χ3v) is 21.8. The van der Waals surface area contributed by atoms with Gasteiger partial charge in [-0.1, -0.05) is 88.4 Å². The van der Waals surface area contributed by atoms with Gasteiger partial charge in [0.05, 0.1) is 26.4 Å². The number of ether oxygens (including phenoxy) is 8. The highest BCUT2D eigenvalue weighted by Crippen LogP contribution is 2.35. The van der Waals surface area contributed by atoms with Crippen LogP contribution in [-0.2, 0) is 95.6 Å². The zero-order chi connectivity index (χ0) is 88.9. The number of aryl methyl sites for hydroxylation is 4. The van der Waals surface area contributed by atoms with Gasteiger partial charge in [0.2, 0.25) is 0 Å². The van der Waals surface area contributed by atoms with E-state index in [1.807, 2.05) is 213 Å². The van der Waals surface area contributed by atoms with Crippen molar-refractivity contribution in [3.63, 3.8) is 0 Å². The molecule has 8 aromatic heterocycles. The van der Waals surface area contributed by atoms with Gasteiger partial charge in [0.25, 0.3) is 0 Å². The predicted octanol–water partition coefficient (Wildman–Crippen LogP) is 22.7. The van der Waals surface area contributed by atoms with Crippen molar-refractivity contribution in [1.82, 2.24) is 39.9 Å². The molecule has 4 aromatic carbocycles. The Labute approximate surface area is 743 Å². The van der Waals surface area contributed by atoms with E-state index in [1.54, 1.807) is 73.0 Å². The van der Waals surface area contributed by atoms with E-state index in [2.05, 4.69) is 77.5 Å². The minimum Gasteiger partial charge on any atom is -0.464 e. The van der Waals surface area contributed by atoms with Gasteiger partial charge in [-0.3, -0.25) is 0 Å². The number of nitrogens with zero attached hydrogens (tertiary/aromatic N) is 8. The fourth-order valence-electron chi connectivity index (χ4n) is 13.1. The van der Waals surface area contributed by atoms with Crippen LogP contribution in [0.15, 0.2) is 190 Å². The molecule has 12 aromatic rings. The first kappa shape index (κ1) is 96.2. The summed E-state index contributed by atoms with van der Waals surface area (Å²) in [7, 11) is 0. The summed E-state index contributed by atoms with van der Waals surface area (Å²) in [6, 6.07) is 38.4. The maximum absolute atomic E-state index is 12.3. The van der Waals surface area contributed by atoms with Gasteiger partial charge in [-0.2, -0.15) is 45.3 Å². The number of aromatic nitrogens is 8. The summed E-state index contributed by atoms with van der Waals surface area (Å²) in [5, 5.41) is 30.0. The standard InChI is InChI=1S/C25H29N3O3S.C24H27N3O3S.C24H29N3O3S.C23H27N3O3S/c1-5-9-20-21(6-2)27-23(18-14-15-32-16-18)28-24(20)26-19-12-10-17(11-13-19)22(30-7-3)25(29)31-8-4;1-5-8-20-16(4)25-22(18-13-14-31-15-18)27-23(20)26-19-11-9-17(10-12-19)21(29-6-2)24(28)30-7-3;1-5-19-20(6-2)26-22(17-13-14-31-15-17)27-23(19)25-18-11-9-16(10-12-18)21(29-7-3)24(28)30-8-4;1-5-19-15(4)24-21(17-12-13-30-14-17)26-22(19)25-18-10-8-16(9-11-18)20(28-6-2)23(27)29-7-3/h5,10-16,22H,1,6-9H2,2-4H3,(H,26,27,28);5,9-15,21H,1,6-8H2,2-4H3,(H,25,26,27);9-15,21H,5-8H2,1-4H3,(H,25,26,27);8-14,20H,5-7H2,1-4H3,(H,24,25,26). The van der Waals surface area contributed by atoms with Crippen molar-refractivity contribution in [1.29, 1.82) is 0 Å². The number of hydrogen-bond acceptors (Lipinski definition) is 28. The van der Waals surface area contributed by atoms with E-state index >= 15 is 0 Å². The lowest BCUT2D eigenvalue weighted by Gasteiger charge is -2.17. The van der Waals surface area contributed by atoms with E-state index in [0.29, 0.717) is 83.2 Å². The Hall–Kier alpha value is -11.6. The molecule has 28 heteroatoms. The van der Waals surface area contributed by atoms with Crippen LogP contribution in [0.3, 0.4) is 0 Å². The molecule has 0 fully saturated rings. The number of allylic oxidation sites excluding steroid dienone is 2. The minimum absolute atomic E-state index is 0.313. The molecule has 0 aliphatic heterocycles. The summed E-state index contributed by atoms with van der Waals surface area (Å²) in [5.74, 6) is 4.43. The molecule has 652 valence electrons. The highest BCUT2D eigenvalue weighted by Gasteiger charge is 2.28. The van der Waals surface area contributed by atoms with E-state index in [-0.39, 0.29) is 23.9 Å². The lowest BCUT2D eigenvalue weighted by Crippen LogP contribution is -2.19. The van der Waals surface area contributed by atoms with Crippen molar-refractivity contribution >= 4 is 115 Å². The van der Waals surface area contributed by atoms with E-state index in [1.165, 1.54) is 0 Å². The van der Waals surface area contributed by atoms with Gasteiger partial charge < -0.3 is 59.2 Å². The molecular formula is C96H112N12O12S4. The number of carbonyl (C=O) groups is 4. The van der Waals surface area contributed by atoms with Crippen molar-refractivity contribution in [3.05, 3.63) is 257 Å². The molecule has 0 amide bonds. The van der Waals surface area contributed by atoms with Crippen LogP contribution in [0.25, 0.3) is 45.6 Å². The molecule has 0 saturated carbocycles. The van der Waals surface area contributed by atoms with Crippen molar-refractivity contribution in [2.24, 2.45) is 0 Å². The number of esters is 4. The summed E-state index contributed by atoms with van der Waals surface area (Å²) in [4.78, 5) is 87.0. The molecule has 0 saturated heterocycles. The Morgan fingerprint density at radius 2 is 0.565 bits per heavy atom. The monoisotopic (exact) mass is 1750 g/mol. The van der Waals surface area contributed by atoms with Gasteiger partial charge in [0.1, 0.15) is 23.3 Å². The summed E-state index contributed by atoms with van der Waals surface area (Å²) in [6.45, 7) is 37.7. The first-order chi connectivity index (χ1) is 60.3. The van der Waals surface area contributed by atoms with Crippen LogP contribution in [0.1, 0.15) is 175 Å². The van der Waals surface area contributed by atoms with E-state index in [9.17, 15) is 19.2 Å². The van der Waals surface area contributed by atoms with Crippen LogP contribution in [-0.4, -0.2) is 117 Å². The van der Waals surface area contributed by atoms with Crippen molar-refractivity contribution in [3.8, 4) is 45.6 Å². The Kier molecular flexibility index (Phi) is 39.0. The lowest BCUT2D eigenvalue weighted by molar-refractivity contribution is -0.157. The van der Waals surface area contributed by atoms with Crippen LogP contribution in [0.4, 0.5) is 46.0 Å². The number of nitrogens with one attached hydrogen (secondary N) is 4. The maximum Gasteiger partial charge on any atom is 0.339 e. The summed E-state index contributed by atoms with van der Waals surface area (Å²) in [6.07, 6.45) is 5.42. The quantitative estimate of drug-likeness (QED) is 0.0158. The number of carbonyl (C=O) groups excluding carboxylic acids is 4. The topological polar surface area (TPSA) is 293 Å². The van der Waals surface area contributed by atoms with Gasteiger partial charge in [-0.05, 0) is 224 Å². The van der Waals surface area contributed by atoms with Gasteiger partial charge in [0, 0.05) is 138 Å². The van der Waals surface area contributed by atoms with Crippen LogP contribution >= 0.6 is 45.3 Å². The van der Waals surface area contributed by atoms with Crippen molar-refractivity contribution in [2.75, 3.05) is 74.1 Å². The molecule has 4 atom stereocenters. The Balaban J connectivity index is 0.000000187. The smallest absolute Gasteiger partial charge is 0.339 e. The van der Waals surface area contributed by atoms with E-state index in [4.69, 9.17) is 67.8 Å². The van der Waals surface area contributed by atoms with Crippen molar-refractivity contribution in [2.45, 2.75) is 160 Å². The molecule has 0 spiro atoms. The largest absolute Gasteiger partial charge is 0.464 e. The highest BCUT2D eigenvalue weighted by atomic mass is 32.1. The number of hydrogen-bond donors (Lipinski definition) is 4. The average Bonchev–Trinajstić information content (AvgIpc) is 1.44. The second-order valence-electron chi connectivity index (χ2n) is 27.3. The number of anilines is 8. The fourth-order valence-corrected chi connectivity index (χ4v) is 15.7. The molecule has 8 heterocycles. The molecule has 0 aliphatic rings. The molecule has 12 rings (SSSR count). The normalized spacial score (nSPS) is 11.8. The number of benzene rings is 4. The summed E-state index contributed by atoms with van der Waals surface area (Å²) < 4.78 is 43.0. The first-order valence-corrected chi connectivity index (χ1v) is 45.6. The minimum atomic E-state index is -0.735. The van der Waals surface area contributed by atoms with Crippen LogP contribution in [0.2, 0.25) is 0 Å². The van der Waals surface area contributed by atoms with Gasteiger partial charge in [-0.25, -0.2) is 59.0 Å². The molecule has 0 aliphatic carbocycles. The van der Waals surface area contributed by atoms with Gasteiger partial charge in [-0.15, -0.1) is 13.2 Å². The lowest BCUT2D eigenvalue weighted by atomic mass is 10.1. The molecule has 24 nitrogen and oxygen atoms in total. The summed E-state index contributed by atoms with van der Waals surface area (Å²) >= 11 is 6.49. The average molecular weight is 1750 g/mol. The predicted molar refractivity (Wildman–Crippen MR) is 499 cm³/mol. The van der Waals surface area contributed by atoms with Crippen LogP contribution < -0.4 is 21.3 Å². The molecule has 4 N–H and O–H groups in total. The van der Waals surface area contributed by atoms with Gasteiger partial charge in [0.15, 0.2) is 47.7 Å². The Morgan fingerprint density at radius 1 is 0.315 bits per heavy atom. The SMILES string of the molecule is C=CCc1c(C)nc(-c2ccsc2)nc1Nc1ccc(C(OCC)C(=O)OCC)cc1.C=CCc1c(CC)nc(-c2ccsc2)nc1Nc1ccc(C(OCC)C(=O)OCC)cc1.CCOC(=O)C(OCC)c1ccc(Nc2nc(-c3ccsc3)nc(C)c2CC)cc1.CCOC(=O)C(OCC)c1ccc(Nc2nc(-c3ccsc3)nc(CC)c2CC)cc1. The first-order valence-electron chi connectivity index (χ1n) is 41.8. The van der Waals surface area contributed by atoms with E-state index < -0.39 is 24.4 Å². The number of rotatable bonds is 40. The third-order valence-electron chi connectivity index (χ3n) is 19.0. The van der Waals surface area contributed by atoms with Gasteiger partial charge >= 0.3 is 23.9 Å². The van der Waals surface area contributed by atoms with E-state index in [0.717, 1.165) is 167 Å². The molecule has 0 radical (unpaired) electrons. The summed E-state index contributed by atoms with van der Waals surface area (Å²) in [5.41, 5.74) is 18.7. The molecular weight excluding hydrogens is 1640 g/mol. The molecule has 0 bridgehead atoms. The Bertz CT molecular complexity index is 5330. The molecule has 4 unspecified atom stereocenters. The highest BCUT2D eigenvalue weighted by molar-refractivity contribution is 7.09. The fraction of sp³-hybridized carbons (Fsp3) is 0.333. The second-order valence-corrected chi connectivity index (χ2v) is 30.5. The zero-order valence-electron chi connectivity index (χ0n) is 73.1. The number of thiophene rings is 4. The van der Waals surface area contributed by atoms with Crippen LogP contribution in [0.5, 0.6) is 0 Å².